The summed E-state index contributed by atoms with van der Waals surface area (Å²) in [5.74, 6) is -0.937. The summed E-state index contributed by atoms with van der Waals surface area (Å²) in [4.78, 5) is 29.6. The van der Waals surface area contributed by atoms with Crippen LogP contribution in [0.25, 0.3) is 17.4 Å². The molecule has 1 aliphatic rings. The van der Waals surface area contributed by atoms with Gasteiger partial charge in [-0.3, -0.25) is 9.69 Å². The van der Waals surface area contributed by atoms with Crippen LogP contribution < -0.4 is 0 Å². The third kappa shape index (κ3) is 4.87. The van der Waals surface area contributed by atoms with E-state index < -0.39 is 22.7 Å². The van der Waals surface area contributed by atoms with E-state index in [0.717, 1.165) is 23.9 Å². The standard InChI is InChI=1S/C23H14ClF3N2O4S/c1-29-20(30)19(34-22(29)28-14-5-2-12(3-6-14)21(31)32)11-15-7-9-18(33-15)13-4-8-17(24)16(10-13)23(25,26)27/h2-11H,1H3,(H,31,32)/b19-11-,28-22?. The average molecular weight is 507 g/mol. The van der Waals surface area contributed by atoms with Gasteiger partial charge in [-0.25, -0.2) is 9.79 Å². The lowest BCUT2D eigenvalue weighted by Crippen LogP contribution is -2.23. The third-order valence-electron chi connectivity index (χ3n) is 4.80. The van der Waals surface area contributed by atoms with Crippen molar-refractivity contribution in [1.29, 1.82) is 0 Å². The molecule has 0 unspecified atom stereocenters. The zero-order chi connectivity index (χ0) is 24.6. The lowest BCUT2D eigenvalue weighted by Gasteiger charge is -2.09. The first-order chi connectivity index (χ1) is 16.0. The number of aromatic carboxylic acids is 1. The van der Waals surface area contributed by atoms with Crippen LogP contribution in [0.15, 0.2) is 68.9 Å². The number of benzene rings is 2. The molecule has 0 atom stereocenters. The first-order valence-electron chi connectivity index (χ1n) is 9.59. The SMILES string of the molecule is CN1C(=O)/C(=C/c2ccc(-c3ccc(Cl)c(C(F)(F)F)c3)o2)SC1=Nc1ccc(C(=O)O)cc1. The first-order valence-corrected chi connectivity index (χ1v) is 10.8. The van der Waals surface area contributed by atoms with Gasteiger partial charge in [-0.1, -0.05) is 11.6 Å². The van der Waals surface area contributed by atoms with Crippen molar-refractivity contribution < 1.29 is 32.3 Å². The number of hydrogen-bond acceptors (Lipinski definition) is 5. The fourth-order valence-corrected chi connectivity index (χ4v) is 4.24. The highest BCUT2D eigenvalue weighted by Gasteiger charge is 2.34. The Balaban J connectivity index is 1.58. The van der Waals surface area contributed by atoms with Crippen LogP contribution in [0.2, 0.25) is 5.02 Å². The molecule has 6 nitrogen and oxygen atoms in total. The highest BCUT2D eigenvalue weighted by molar-refractivity contribution is 8.18. The van der Waals surface area contributed by atoms with Crippen LogP contribution in [0.4, 0.5) is 18.9 Å². The molecule has 1 saturated heterocycles. The van der Waals surface area contributed by atoms with Crippen LogP contribution >= 0.6 is 23.4 Å². The van der Waals surface area contributed by atoms with Crippen molar-refractivity contribution in [3.8, 4) is 11.3 Å². The quantitative estimate of drug-likeness (QED) is 0.406. The minimum Gasteiger partial charge on any atom is -0.478 e. The molecule has 1 amide bonds. The lowest BCUT2D eigenvalue weighted by atomic mass is 10.1. The number of carbonyl (C=O) groups is 2. The number of halogens is 4. The van der Waals surface area contributed by atoms with Gasteiger partial charge in [0, 0.05) is 18.7 Å². The first kappa shape index (κ1) is 23.7. The Morgan fingerprint density at radius 1 is 1.15 bits per heavy atom. The maximum absolute atomic E-state index is 13.1. The highest BCUT2D eigenvalue weighted by atomic mass is 35.5. The molecule has 174 valence electrons. The Kier molecular flexibility index (Phi) is 6.28. The van der Waals surface area contributed by atoms with Crippen molar-refractivity contribution >= 4 is 52.2 Å². The van der Waals surface area contributed by atoms with E-state index in [9.17, 15) is 22.8 Å². The van der Waals surface area contributed by atoms with Crippen molar-refractivity contribution in [2.45, 2.75) is 6.18 Å². The van der Waals surface area contributed by atoms with Gasteiger partial charge in [-0.2, -0.15) is 13.2 Å². The molecule has 0 saturated carbocycles. The van der Waals surface area contributed by atoms with E-state index >= 15 is 0 Å². The molecule has 3 aromatic rings. The molecule has 34 heavy (non-hydrogen) atoms. The number of alkyl halides is 3. The molecule has 0 radical (unpaired) electrons. The van der Waals surface area contributed by atoms with E-state index in [0.29, 0.717) is 15.8 Å². The van der Waals surface area contributed by atoms with Gasteiger partial charge in [0.25, 0.3) is 5.91 Å². The molecule has 1 aliphatic heterocycles. The van der Waals surface area contributed by atoms with Crippen molar-refractivity contribution in [3.63, 3.8) is 0 Å². The normalized spacial score (nSPS) is 16.6. The number of amides is 1. The molecule has 11 heteroatoms. The predicted molar refractivity (Wildman–Crippen MR) is 123 cm³/mol. The molecule has 1 N–H and O–H groups in total. The minimum atomic E-state index is -4.61. The Hall–Kier alpha value is -3.50. The lowest BCUT2D eigenvalue weighted by molar-refractivity contribution is -0.137. The molecule has 0 bridgehead atoms. The fourth-order valence-electron chi connectivity index (χ4n) is 3.05. The van der Waals surface area contributed by atoms with Gasteiger partial charge in [-0.05, 0) is 66.4 Å². The fraction of sp³-hybridized carbons (Fsp3) is 0.0870. The molecule has 0 aliphatic carbocycles. The molecule has 1 aromatic heterocycles. The van der Waals surface area contributed by atoms with Gasteiger partial charge in [-0.15, -0.1) is 0 Å². The largest absolute Gasteiger partial charge is 0.478 e. The van der Waals surface area contributed by atoms with E-state index in [4.69, 9.17) is 21.1 Å². The zero-order valence-corrected chi connectivity index (χ0v) is 18.8. The van der Waals surface area contributed by atoms with E-state index in [2.05, 4.69) is 4.99 Å². The second-order valence-electron chi connectivity index (χ2n) is 7.12. The number of carbonyl (C=O) groups excluding carboxylic acids is 1. The van der Waals surface area contributed by atoms with Gasteiger partial charge in [0.15, 0.2) is 5.17 Å². The zero-order valence-electron chi connectivity index (χ0n) is 17.3. The summed E-state index contributed by atoms with van der Waals surface area (Å²) < 4.78 is 45.1. The molecular formula is C23H14ClF3N2O4S. The Bertz CT molecular complexity index is 1350. The summed E-state index contributed by atoms with van der Waals surface area (Å²) in [6.45, 7) is 0. The predicted octanol–water partition coefficient (Wildman–Crippen LogP) is 6.55. The van der Waals surface area contributed by atoms with Gasteiger partial charge in [0.1, 0.15) is 11.5 Å². The molecule has 2 aromatic carbocycles. The number of furan rings is 1. The summed E-state index contributed by atoms with van der Waals surface area (Å²) in [5.41, 5.74) is -0.194. The molecular weight excluding hydrogens is 493 g/mol. The second-order valence-corrected chi connectivity index (χ2v) is 8.53. The monoisotopic (exact) mass is 506 g/mol. The second kappa shape index (κ2) is 9.03. The maximum atomic E-state index is 13.1. The Morgan fingerprint density at radius 3 is 2.50 bits per heavy atom. The number of rotatable bonds is 4. The van der Waals surface area contributed by atoms with Gasteiger partial charge in [0.2, 0.25) is 0 Å². The van der Waals surface area contributed by atoms with Crippen LogP contribution in [-0.4, -0.2) is 34.1 Å². The number of hydrogen-bond donors (Lipinski definition) is 1. The van der Waals surface area contributed by atoms with Crippen molar-refractivity contribution in [2.24, 2.45) is 4.99 Å². The molecule has 4 rings (SSSR count). The van der Waals surface area contributed by atoms with Gasteiger partial charge >= 0.3 is 12.1 Å². The summed E-state index contributed by atoms with van der Waals surface area (Å²) in [7, 11) is 1.54. The molecule has 0 spiro atoms. The van der Waals surface area contributed by atoms with Gasteiger partial charge in [0.05, 0.1) is 26.7 Å². The van der Waals surface area contributed by atoms with Crippen molar-refractivity contribution in [1.82, 2.24) is 4.90 Å². The number of carboxylic acids is 1. The summed E-state index contributed by atoms with van der Waals surface area (Å²) >= 11 is 6.75. The van der Waals surface area contributed by atoms with Crippen molar-refractivity contribution in [3.05, 3.63) is 81.4 Å². The van der Waals surface area contributed by atoms with E-state index in [-0.39, 0.29) is 28.6 Å². The van der Waals surface area contributed by atoms with E-state index in [1.54, 1.807) is 7.05 Å². The minimum absolute atomic E-state index is 0.115. The number of thioether (sulfide) groups is 1. The van der Waals surface area contributed by atoms with Crippen molar-refractivity contribution in [2.75, 3.05) is 7.05 Å². The molecule has 2 heterocycles. The van der Waals surface area contributed by atoms with E-state index in [1.807, 2.05) is 0 Å². The highest BCUT2D eigenvalue weighted by Crippen LogP contribution is 2.38. The van der Waals surface area contributed by atoms with E-state index in [1.165, 1.54) is 53.4 Å². The number of amidine groups is 1. The summed E-state index contributed by atoms with van der Waals surface area (Å²) in [6, 6.07) is 12.4. The molecule has 1 fully saturated rings. The number of carboxylic acid groups (broad SMARTS) is 1. The van der Waals surface area contributed by atoms with Crippen LogP contribution in [0.5, 0.6) is 0 Å². The summed E-state index contributed by atoms with van der Waals surface area (Å²) in [5, 5.41) is 8.94. The third-order valence-corrected chi connectivity index (χ3v) is 6.19. The van der Waals surface area contributed by atoms with Crippen LogP contribution in [0.1, 0.15) is 21.7 Å². The van der Waals surface area contributed by atoms with Crippen LogP contribution in [-0.2, 0) is 11.0 Å². The van der Waals surface area contributed by atoms with Crippen LogP contribution in [0.3, 0.4) is 0 Å². The van der Waals surface area contributed by atoms with Gasteiger partial charge < -0.3 is 9.52 Å². The van der Waals surface area contributed by atoms with Crippen LogP contribution in [0, 0.1) is 0 Å². The average Bonchev–Trinajstić information content (AvgIpc) is 3.34. The number of likely N-dealkylation sites (N-methyl/N-ethyl adjacent to an activating group) is 1. The topological polar surface area (TPSA) is 83.1 Å². The summed E-state index contributed by atoms with van der Waals surface area (Å²) in [6.07, 6.45) is -3.13. The number of nitrogens with zero attached hydrogens (tertiary/aromatic N) is 2. The maximum Gasteiger partial charge on any atom is 0.417 e. The Morgan fingerprint density at radius 2 is 1.85 bits per heavy atom. The number of aliphatic imine (C=N–C) groups is 1. The smallest absolute Gasteiger partial charge is 0.417 e. The Labute approximate surface area is 200 Å².